The summed E-state index contributed by atoms with van der Waals surface area (Å²) >= 11 is 0. The number of rotatable bonds is 6. The molecule has 2 saturated heterocycles. The summed E-state index contributed by atoms with van der Waals surface area (Å²) in [6, 6.07) is 3.48. The van der Waals surface area contributed by atoms with Gasteiger partial charge in [-0.3, -0.25) is 10.00 Å². The van der Waals surface area contributed by atoms with Crippen LogP contribution in [0.2, 0.25) is 0 Å². The molecule has 3 atom stereocenters. The van der Waals surface area contributed by atoms with Crippen LogP contribution in [0, 0.1) is 0 Å². The van der Waals surface area contributed by atoms with Gasteiger partial charge in [0.1, 0.15) is 5.82 Å². The quantitative estimate of drug-likeness (QED) is 0.542. The van der Waals surface area contributed by atoms with E-state index in [9.17, 15) is 15.0 Å². The topological polar surface area (TPSA) is 140 Å². The molecule has 31 heavy (non-hydrogen) atoms. The molecule has 0 unspecified atom stereocenters. The van der Waals surface area contributed by atoms with E-state index < -0.39 is 6.09 Å². The Bertz CT molecular complexity index is 951. The van der Waals surface area contributed by atoms with E-state index >= 15 is 0 Å². The zero-order valence-corrected chi connectivity index (χ0v) is 18.0. The lowest BCUT2D eigenvalue weighted by Gasteiger charge is -2.55. The van der Waals surface area contributed by atoms with Crippen molar-refractivity contribution in [2.75, 3.05) is 24.4 Å². The molecular weight excluding hydrogens is 402 g/mol. The van der Waals surface area contributed by atoms with Crippen LogP contribution in [0.5, 0.6) is 5.88 Å². The largest absolute Gasteiger partial charge is 0.481 e. The fourth-order valence-corrected chi connectivity index (χ4v) is 4.96. The van der Waals surface area contributed by atoms with Gasteiger partial charge in [-0.25, -0.2) is 4.79 Å². The number of H-pyrrole nitrogens is 1. The van der Waals surface area contributed by atoms with Crippen molar-refractivity contribution >= 4 is 23.7 Å². The number of aliphatic hydroxyl groups excluding tert-OH is 1. The van der Waals surface area contributed by atoms with Crippen molar-refractivity contribution in [3.05, 3.63) is 17.8 Å². The third-order valence-corrected chi connectivity index (χ3v) is 6.45. The highest BCUT2D eigenvalue weighted by Gasteiger charge is 2.49. The van der Waals surface area contributed by atoms with Crippen LogP contribution in [0.1, 0.15) is 44.7 Å². The molecule has 0 radical (unpaired) electrons. The molecule has 0 aliphatic carbocycles. The molecule has 4 rings (SSSR count). The predicted octanol–water partition coefficient (Wildman–Crippen LogP) is 2.33. The van der Waals surface area contributed by atoms with Gasteiger partial charge in [-0.2, -0.15) is 15.1 Å². The van der Waals surface area contributed by atoms with E-state index in [2.05, 4.69) is 25.5 Å². The fourth-order valence-electron chi connectivity index (χ4n) is 4.96. The Hall–Kier alpha value is -3.08. The Kier molecular flexibility index (Phi) is 5.61. The molecule has 0 saturated carbocycles. The second-order valence-corrected chi connectivity index (χ2v) is 8.56. The number of methoxy groups -OCH3 is 1. The summed E-state index contributed by atoms with van der Waals surface area (Å²) in [5, 5.41) is 28.9. The van der Waals surface area contributed by atoms with Crippen LogP contribution in [0.3, 0.4) is 0 Å². The third kappa shape index (κ3) is 4.09. The van der Waals surface area contributed by atoms with Gasteiger partial charge in [0.05, 0.1) is 19.4 Å². The fraction of sp³-hybridized carbons (Fsp3) is 0.600. The highest BCUT2D eigenvalue weighted by Crippen LogP contribution is 2.43. The number of piperidine rings is 2. The molecule has 4 heterocycles. The lowest BCUT2D eigenvalue weighted by molar-refractivity contribution is -0.0199. The maximum absolute atomic E-state index is 11.9. The van der Waals surface area contributed by atoms with E-state index in [-0.39, 0.29) is 24.2 Å². The second-order valence-electron chi connectivity index (χ2n) is 8.56. The molecule has 2 aliphatic rings. The van der Waals surface area contributed by atoms with E-state index in [4.69, 9.17) is 4.74 Å². The van der Waals surface area contributed by atoms with E-state index in [1.807, 2.05) is 18.9 Å². The lowest BCUT2D eigenvalue weighted by Crippen LogP contribution is -2.64. The maximum atomic E-state index is 11.9. The molecule has 11 heteroatoms. The maximum Gasteiger partial charge on any atom is 0.408 e. The number of hydrogen-bond donors (Lipinski definition) is 4. The Morgan fingerprint density at radius 2 is 2.23 bits per heavy atom. The summed E-state index contributed by atoms with van der Waals surface area (Å²) in [4.78, 5) is 24.7. The van der Waals surface area contributed by atoms with Crippen LogP contribution in [0.25, 0.3) is 0 Å². The molecule has 2 aromatic rings. The standard InChI is InChI=1S/C20H29N7O4/c1-20-6-4-5-13(27(20)19(29)30)8-14(10-20)26(2)18-22-15(9-17(23-18)31-3)21-16-7-12(11-28)24-25-16/h7,9,13-14,28H,4-6,8,10-11H2,1-3H3,(H,29,30)(H2,21,22,23,24,25)/t13-,14-,20+/m0/s1. The van der Waals surface area contributed by atoms with Crippen molar-refractivity contribution in [2.24, 2.45) is 0 Å². The van der Waals surface area contributed by atoms with Gasteiger partial charge in [-0.15, -0.1) is 0 Å². The summed E-state index contributed by atoms with van der Waals surface area (Å²) in [6.45, 7) is 1.91. The SMILES string of the molecule is COc1cc(Nc2cc(CO)[nH]n2)nc(N(C)[C@H]2C[C@@H]3CCC[C@](C)(C2)N3C(=O)O)n1. The lowest BCUT2D eigenvalue weighted by atomic mass is 9.73. The first-order chi connectivity index (χ1) is 14.8. The number of nitrogens with one attached hydrogen (secondary N) is 2. The average Bonchev–Trinajstić information content (AvgIpc) is 3.19. The highest BCUT2D eigenvalue weighted by atomic mass is 16.5. The van der Waals surface area contributed by atoms with E-state index in [0.717, 1.165) is 32.1 Å². The van der Waals surface area contributed by atoms with Crippen LogP contribution >= 0.6 is 0 Å². The normalized spacial score (nSPS) is 25.2. The number of amides is 1. The summed E-state index contributed by atoms with van der Waals surface area (Å²) in [5.41, 5.74) is 0.201. The number of ether oxygens (including phenoxy) is 1. The van der Waals surface area contributed by atoms with Crippen LogP contribution in [0.4, 0.5) is 22.4 Å². The number of carbonyl (C=O) groups is 1. The number of nitrogens with zero attached hydrogens (tertiary/aromatic N) is 5. The van der Waals surface area contributed by atoms with Gasteiger partial charge < -0.3 is 25.2 Å². The minimum Gasteiger partial charge on any atom is -0.481 e. The van der Waals surface area contributed by atoms with Crippen LogP contribution in [0.15, 0.2) is 12.1 Å². The van der Waals surface area contributed by atoms with Crippen molar-refractivity contribution in [3.8, 4) is 5.88 Å². The molecule has 2 aliphatic heterocycles. The molecular formula is C20H29N7O4. The number of fused-ring (bicyclic) bond motifs is 2. The molecule has 2 aromatic heterocycles. The summed E-state index contributed by atoms with van der Waals surface area (Å²) in [7, 11) is 3.49. The smallest absolute Gasteiger partial charge is 0.408 e. The van der Waals surface area contributed by atoms with Crippen molar-refractivity contribution < 1.29 is 19.7 Å². The van der Waals surface area contributed by atoms with Crippen LogP contribution < -0.4 is 15.0 Å². The monoisotopic (exact) mass is 431 g/mol. The minimum absolute atomic E-state index is 0.00149. The molecule has 0 spiro atoms. The van der Waals surface area contributed by atoms with Gasteiger partial charge in [0.25, 0.3) is 0 Å². The van der Waals surface area contributed by atoms with Gasteiger partial charge in [0, 0.05) is 36.8 Å². The number of aromatic nitrogens is 4. The van der Waals surface area contributed by atoms with Crippen molar-refractivity contribution in [1.82, 2.24) is 25.1 Å². The number of carboxylic acid groups (broad SMARTS) is 1. The number of anilines is 3. The molecule has 1 amide bonds. The number of hydrogen-bond acceptors (Lipinski definition) is 8. The van der Waals surface area contributed by atoms with Crippen LogP contribution in [-0.4, -0.2) is 73.2 Å². The van der Waals surface area contributed by atoms with Gasteiger partial charge in [-0.05, 0) is 39.0 Å². The molecule has 0 aromatic carbocycles. The first-order valence-corrected chi connectivity index (χ1v) is 10.4. The molecule has 2 bridgehead atoms. The van der Waals surface area contributed by atoms with Gasteiger partial charge in [-0.1, -0.05) is 0 Å². The highest BCUT2D eigenvalue weighted by molar-refractivity contribution is 5.67. The van der Waals surface area contributed by atoms with Gasteiger partial charge in [0.2, 0.25) is 11.8 Å². The average molecular weight is 431 g/mol. The van der Waals surface area contributed by atoms with E-state index in [0.29, 0.717) is 29.2 Å². The number of aromatic amines is 1. The molecule has 2 fully saturated rings. The zero-order valence-electron chi connectivity index (χ0n) is 18.0. The predicted molar refractivity (Wildman–Crippen MR) is 114 cm³/mol. The van der Waals surface area contributed by atoms with Gasteiger partial charge in [0.15, 0.2) is 5.82 Å². The van der Waals surface area contributed by atoms with Crippen molar-refractivity contribution in [1.29, 1.82) is 0 Å². The Labute approximate surface area is 180 Å². The first-order valence-electron chi connectivity index (χ1n) is 10.4. The van der Waals surface area contributed by atoms with Crippen molar-refractivity contribution in [2.45, 2.75) is 63.3 Å². The Morgan fingerprint density at radius 1 is 1.42 bits per heavy atom. The van der Waals surface area contributed by atoms with E-state index in [1.54, 1.807) is 24.1 Å². The van der Waals surface area contributed by atoms with E-state index in [1.165, 1.54) is 0 Å². The summed E-state index contributed by atoms with van der Waals surface area (Å²) in [5.74, 6) is 1.94. The first kappa shape index (κ1) is 21.2. The zero-order chi connectivity index (χ0) is 22.2. The second kappa shape index (κ2) is 8.22. The molecule has 168 valence electrons. The molecule has 4 N–H and O–H groups in total. The molecule has 11 nitrogen and oxygen atoms in total. The summed E-state index contributed by atoms with van der Waals surface area (Å²) < 4.78 is 5.37. The Balaban J connectivity index is 1.58. The third-order valence-electron chi connectivity index (χ3n) is 6.45. The van der Waals surface area contributed by atoms with Crippen LogP contribution in [-0.2, 0) is 6.61 Å². The minimum atomic E-state index is -0.835. The number of aliphatic hydroxyl groups is 1. The summed E-state index contributed by atoms with van der Waals surface area (Å²) in [6.07, 6.45) is 3.40. The van der Waals surface area contributed by atoms with Gasteiger partial charge >= 0.3 is 6.09 Å². The Morgan fingerprint density at radius 3 is 2.87 bits per heavy atom. The van der Waals surface area contributed by atoms with Crippen molar-refractivity contribution in [3.63, 3.8) is 0 Å².